The molecule has 0 spiro atoms. The zero-order valence-corrected chi connectivity index (χ0v) is 15.7. The van der Waals surface area contributed by atoms with Gasteiger partial charge in [0.2, 0.25) is 0 Å². The fourth-order valence-electron chi connectivity index (χ4n) is 3.26. The van der Waals surface area contributed by atoms with Crippen molar-refractivity contribution >= 4 is 11.8 Å². The van der Waals surface area contributed by atoms with Crippen molar-refractivity contribution in [3.8, 4) is 5.75 Å². The Morgan fingerprint density at radius 3 is 2.19 bits per heavy atom. The lowest BCUT2D eigenvalue weighted by Crippen LogP contribution is -2.35. The van der Waals surface area contributed by atoms with Crippen LogP contribution in [0.1, 0.15) is 45.5 Å². The predicted molar refractivity (Wildman–Crippen MR) is 105 cm³/mol. The number of nitrogens with one attached hydrogen (secondary N) is 1. The summed E-state index contributed by atoms with van der Waals surface area (Å²) in [4.78, 5) is 26.7. The minimum Gasteiger partial charge on any atom is -0.497 e. The van der Waals surface area contributed by atoms with Crippen molar-refractivity contribution in [1.82, 2.24) is 10.2 Å². The molecule has 0 atom stereocenters. The highest BCUT2D eigenvalue weighted by atomic mass is 16.5. The first-order chi connectivity index (χ1) is 13.2. The van der Waals surface area contributed by atoms with Gasteiger partial charge in [0, 0.05) is 30.8 Å². The van der Waals surface area contributed by atoms with Crippen LogP contribution in [0.2, 0.25) is 0 Å². The minimum atomic E-state index is -0.125. The van der Waals surface area contributed by atoms with E-state index in [0.717, 1.165) is 43.7 Å². The van der Waals surface area contributed by atoms with Gasteiger partial charge in [-0.1, -0.05) is 12.1 Å². The summed E-state index contributed by atoms with van der Waals surface area (Å²) in [5.41, 5.74) is 2.35. The van der Waals surface area contributed by atoms with Crippen LogP contribution in [0.25, 0.3) is 0 Å². The van der Waals surface area contributed by atoms with Crippen molar-refractivity contribution in [3.05, 3.63) is 65.2 Å². The van der Waals surface area contributed by atoms with Crippen LogP contribution in [0.3, 0.4) is 0 Å². The molecule has 1 N–H and O–H groups in total. The number of likely N-dealkylation sites (tertiary alicyclic amines) is 1. The molecule has 1 saturated heterocycles. The maximum atomic E-state index is 12.5. The van der Waals surface area contributed by atoms with Crippen molar-refractivity contribution in [2.45, 2.75) is 25.7 Å². The second-order valence-corrected chi connectivity index (χ2v) is 6.78. The predicted octanol–water partition coefficient (Wildman–Crippen LogP) is 3.29. The van der Waals surface area contributed by atoms with Crippen LogP contribution in [-0.2, 0) is 6.42 Å². The molecule has 3 rings (SSSR count). The van der Waals surface area contributed by atoms with Crippen molar-refractivity contribution in [2.75, 3.05) is 26.7 Å². The van der Waals surface area contributed by atoms with Gasteiger partial charge in [0.25, 0.3) is 11.8 Å². The number of carbonyl (C=O) groups is 2. The summed E-state index contributed by atoms with van der Waals surface area (Å²) in [6.07, 6.45) is 4.08. The molecule has 0 radical (unpaired) electrons. The highest BCUT2D eigenvalue weighted by Gasteiger charge is 2.18. The average molecular weight is 366 g/mol. The third-order valence-electron chi connectivity index (χ3n) is 4.90. The van der Waals surface area contributed by atoms with E-state index < -0.39 is 0 Å². The van der Waals surface area contributed by atoms with Gasteiger partial charge in [-0.25, -0.2) is 0 Å². The molecule has 1 heterocycles. The number of hydrogen-bond donors (Lipinski definition) is 1. The first-order valence-electron chi connectivity index (χ1n) is 9.48. The van der Waals surface area contributed by atoms with Crippen LogP contribution in [0, 0.1) is 0 Å². The first kappa shape index (κ1) is 19.0. The number of hydrogen-bond acceptors (Lipinski definition) is 3. The number of methoxy groups -OCH3 is 1. The molecular formula is C22H26N2O3. The fraction of sp³-hybridized carbons (Fsp3) is 0.364. The Morgan fingerprint density at radius 2 is 1.56 bits per heavy atom. The Bertz CT molecular complexity index is 763. The summed E-state index contributed by atoms with van der Waals surface area (Å²) in [7, 11) is 1.64. The number of benzene rings is 2. The molecule has 5 heteroatoms. The lowest BCUT2D eigenvalue weighted by Gasteiger charge is -2.26. The van der Waals surface area contributed by atoms with Gasteiger partial charge in [-0.3, -0.25) is 9.59 Å². The van der Waals surface area contributed by atoms with E-state index in [1.165, 1.54) is 6.42 Å². The molecule has 0 saturated carbocycles. The Morgan fingerprint density at radius 1 is 0.926 bits per heavy atom. The van der Waals surface area contributed by atoms with E-state index in [0.29, 0.717) is 17.7 Å². The molecule has 142 valence electrons. The third kappa shape index (κ3) is 5.09. The molecule has 0 aromatic heterocycles. The molecule has 5 nitrogen and oxygen atoms in total. The quantitative estimate of drug-likeness (QED) is 0.853. The van der Waals surface area contributed by atoms with Crippen LogP contribution in [0.4, 0.5) is 0 Å². The number of ether oxygens (including phenoxy) is 1. The van der Waals surface area contributed by atoms with Crippen LogP contribution in [0.5, 0.6) is 5.75 Å². The van der Waals surface area contributed by atoms with E-state index in [9.17, 15) is 9.59 Å². The standard InChI is InChI=1S/C22H26N2O3/c1-27-20-11-5-17(6-12-20)13-14-23-21(25)18-7-9-19(10-8-18)22(26)24-15-3-2-4-16-24/h5-12H,2-4,13-16H2,1H3,(H,23,25). The fourth-order valence-corrected chi connectivity index (χ4v) is 3.26. The molecular weight excluding hydrogens is 340 g/mol. The van der Waals surface area contributed by atoms with Gasteiger partial charge >= 0.3 is 0 Å². The summed E-state index contributed by atoms with van der Waals surface area (Å²) < 4.78 is 5.14. The SMILES string of the molecule is COc1ccc(CCNC(=O)c2ccc(C(=O)N3CCCCC3)cc2)cc1. The lowest BCUT2D eigenvalue weighted by atomic mass is 10.1. The molecule has 27 heavy (non-hydrogen) atoms. The summed E-state index contributed by atoms with van der Waals surface area (Å²) in [5.74, 6) is 0.753. The number of rotatable bonds is 6. The third-order valence-corrected chi connectivity index (χ3v) is 4.90. The van der Waals surface area contributed by atoms with E-state index in [4.69, 9.17) is 4.74 Å². The molecule has 2 amide bonds. The Balaban J connectivity index is 1.50. The lowest BCUT2D eigenvalue weighted by molar-refractivity contribution is 0.0723. The second-order valence-electron chi connectivity index (χ2n) is 6.78. The molecule has 1 aliphatic rings. The van der Waals surface area contributed by atoms with Crippen molar-refractivity contribution in [3.63, 3.8) is 0 Å². The molecule has 0 aliphatic carbocycles. The van der Waals surface area contributed by atoms with Gasteiger partial charge in [-0.15, -0.1) is 0 Å². The Labute approximate surface area is 160 Å². The van der Waals surface area contributed by atoms with Crippen LogP contribution < -0.4 is 10.1 Å². The number of nitrogens with zero attached hydrogens (tertiary/aromatic N) is 1. The largest absolute Gasteiger partial charge is 0.497 e. The summed E-state index contributed by atoms with van der Waals surface area (Å²) in [5, 5.41) is 2.92. The molecule has 1 aliphatic heterocycles. The van der Waals surface area contributed by atoms with E-state index >= 15 is 0 Å². The highest BCUT2D eigenvalue weighted by molar-refractivity contribution is 5.97. The van der Waals surface area contributed by atoms with E-state index in [1.54, 1.807) is 31.4 Å². The van der Waals surface area contributed by atoms with Crippen LogP contribution in [-0.4, -0.2) is 43.5 Å². The van der Waals surface area contributed by atoms with E-state index in [-0.39, 0.29) is 11.8 Å². The minimum absolute atomic E-state index is 0.0566. The Hall–Kier alpha value is -2.82. The van der Waals surface area contributed by atoms with Gasteiger partial charge in [-0.05, 0) is 67.6 Å². The average Bonchev–Trinajstić information content (AvgIpc) is 2.74. The first-order valence-corrected chi connectivity index (χ1v) is 9.48. The van der Waals surface area contributed by atoms with Gasteiger partial charge < -0.3 is 15.0 Å². The molecule has 0 unspecified atom stereocenters. The second kappa shape index (κ2) is 9.21. The van der Waals surface area contributed by atoms with Crippen LogP contribution in [0.15, 0.2) is 48.5 Å². The van der Waals surface area contributed by atoms with E-state index in [2.05, 4.69) is 5.32 Å². The summed E-state index contributed by atoms with van der Waals surface area (Å²) in [6, 6.07) is 14.7. The summed E-state index contributed by atoms with van der Waals surface area (Å²) >= 11 is 0. The Kier molecular flexibility index (Phi) is 6.47. The molecule has 0 bridgehead atoms. The van der Waals surface area contributed by atoms with Crippen molar-refractivity contribution in [1.29, 1.82) is 0 Å². The van der Waals surface area contributed by atoms with Crippen LogP contribution >= 0.6 is 0 Å². The smallest absolute Gasteiger partial charge is 0.253 e. The molecule has 2 aromatic carbocycles. The number of amides is 2. The van der Waals surface area contributed by atoms with Crippen molar-refractivity contribution < 1.29 is 14.3 Å². The number of piperidine rings is 1. The highest BCUT2D eigenvalue weighted by Crippen LogP contribution is 2.14. The summed E-state index contributed by atoms with van der Waals surface area (Å²) in [6.45, 7) is 2.21. The maximum Gasteiger partial charge on any atom is 0.253 e. The van der Waals surface area contributed by atoms with Gasteiger partial charge in [0.05, 0.1) is 7.11 Å². The van der Waals surface area contributed by atoms with E-state index in [1.807, 2.05) is 29.2 Å². The zero-order chi connectivity index (χ0) is 19.1. The molecule has 1 fully saturated rings. The molecule has 2 aromatic rings. The van der Waals surface area contributed by atoms with Gasteiger partial charge in [0.15, 0.2) is 0 Å². The van der Waals surface area contributed by atoms with Gasteiger partial charge in [0.1, 0.15) is 5.75 Å². The van der Waals surface area contributed by atoms with Gasteiger partial charge in [-0.2, -0.15) is 0 Å². The monoisotopic (exact) mass is 366 g/mol. The van der Waals surface area contributed by atoms with Crippen molar-refractivity contribution in [2.24, 2.45) is 0 Å². The topological polar surface area (TPSA) is 58.6 Å². The maximum absolute atomic E-state index is 12.5. The normalized spacial score (nSPS) is 13.9. The number of carbonyl (C=O) groups excluding carboxylic acids is 2. The zero-order valence-electron chi connectivity index (χ0n) is 15.7.